The minimum absolute atomic E-state index is 0.135. The van der Waals surface area contributed by atoms with E-state index in [-0.39, 0.29) is 5.91 Å². The number of aryl methyl sites for hydroxylation is 2. The van der Waals surface area contributed by atoms with Crippen LogP contribution in [0.15, 0.2) is 30.3 Å². The van der Waals surface area contributed by atoms with Crippen LogP contribution >= 0.6 is 11.3 Å². The van der Waals surface area contributed by atoms with E-state index in [0.717, 1.165) is 21.1 Å². The first-order valence-electron chi connectivity index (χ1n) is 6.27. The van der Waals surface area contributed by atoms with Crippen LogP contribution in [0.1, 0.15) is 21.1 Å². The zero-order chi connectivity index (χ0) is 13.8. The van der Waals surface area contributed by atoms with Crippen LogP contribution in [0.3, 0.4) is 0 Å². The lowest BCUT2D eigenvalue weighted by Crippen LogP contribution is -2.27. The van der Waals surface area contributed by atoms with Crippen molar-refractivity contribution in [2.24, 2.45) is 0 Å². The summed E-state index contributed by atoms with van der Waals surface area (Å²) in [6.07, 6.45) is 0.445. The fraction of sp³-hybridized carbons (Fsp3) is 0.333. The number of amides is 1. The van der Waals surface area contributed by atoms with E-state index < -0.39 is 0 Å². The molecule has 0 spiro atoms. The number of hydrogen-bond acceptors (Lipinski definition) is 3. The van der Waals surface area contributed by atoms with Crippen LogP contribution < -0.4 is 0 Å². The van der Waals surface area contributed by atoms with Gasteiger partial charge < -0.3 is 4.90 Å². The number of carbonyl (C=O) groups is 1. The molecule has 1 aromatic carbocycles. The van der Waals surface area contributed by atoms with Gasteiger partial charge in [-0.15, -0.1) is 11.3 Å². The maximum absolute atomic E-state index is 12.2. The first-order valence-corrected chi connectivity index (χ1v) is 7.08. The predicted octanol–water partition coefficient (Wildman–Crippen LogP) is 2.96. The van der Waals surface area contributed by atoms with Crippen molar-refractivity contribution < 1.29 is 4.79 Å². The number of nitrogens with zero attached hydrogens (tertiary/aromatic N) is 2. The summed E-state index contributed by atoms with van der Waals surface area (Å²) in [6, 6.07) is 10.0. The van der Waals surface area contributed by atoms with Gasteiger partial charge >= 0.3 is 0 Å². The van der Waals surface area contributed by atoms with Gasteiger partial charge in [-0.2, -0.15) is 0 Å². The second-order valence-corrected chi connectivity index (χ2v) is 5.94. The Labute approximate surface area is 117 Å². The molecule has 0 bridgehead atoms. The number of benzene rings is 1. The zero-order valence-corrected chi connectivity index (χ0v) is 12.3. The summed E-state index contributed by atoms with van der Waals surface area (Å²) < 4.78 is 0. The van der Waals surface area contributed by atoms with Crippen molar-refractivity contribution in [1.82, 2.24) is 9.88 Å². The number of aromatic nitrogens is 1. The third-order valence-corrected chi connectivity index (χ3v) is 4.07. The largest absolute Gasteiger partial charge is 0.341 e. The van der Waals surface area contributed by atoms with Crippen molar-refractivity contribution in [1.29, 1.82) is 0 Å². The monoisotopic (exact) mass is 274 g/mol. The Morgan fingerprint density at radius 2 is 1.95 bits per heavy atom. The number of likely N-dealkylation sites (N-methyl/N-ethyl adjacent to an activating group) is 1. The molecule has 2 aromatic rings. The lowest BCUT2D eigenvalue weighted by molar-refractivity contribution is -0.129. The summed E-state index contributed by atoms with van der Waals surface area (Å²) in [4.78, 5) is 19.4. The molecular weight excluding hydrogens is 256 g/mol. The third-order valence-electron chi connectivity index (χ3n) is 3.00. The molecule has 0 saturated carbocycles. The quantitative estimate of drug-likeness (QED) is 0.859. The van der Waals surface area contributed by atoms with E-state index in [9.17, 15) is 4.79 Å². The molecule has 0 saturated heterocycles. The molecular formula is C15H18N2OS. The van der Waals surface area contributed by atoms with Gasteiger partial charge in [0.2, 0.25) is 5.91 Å². The van der Waals surface area contributed by atoms with Gasteiger partial charge in [-0.3, -0.25) is 4.79 Å². The molecule has 1 aromatic heterocycles. The molecule has 0 N–H and O–H groups in total. The second kappa shape index (κ2) is 5.97. The topological polar surface area (TPSA) is 33.2 Å². The van der Waals surface area contributed by atoms with E-state index >= 15 is 0 Å². The highest BCUT2D eigenvalue weighted by atomic mass is 32.1. The van der Waals surface area contributed by atoms with Crippen LogP contribution in [-0.2, 0) is 17.8 Å². The van der Waals surface area contributed by atoms with Gasteiger partial charge in [-0.05, 0) is 19.4 Å². The molecule has 19 heavy (non-hydrogen) atoms. The Morgan fingerprint density at radius 3 is 2.53 bits per heavy atom. The Hall–Kier alpha value is -1.68. The van der Waals surface area contributed by atoms with Crippen molar-refractivity contribution in [2.75, 3.05) is 7.05 Å². The van der Waals surface area contributed by atoms with Gasteiger partial charge in [0.25, 0.3) is 0 Å². The highest BCUT2D eigenvalue weighted by molar-refractivity contribution is 7.11. The van der Waals surface area contributed by atoms with Gasteiger partial charge in [0.15, 0.2) is 0 Å². The Morgan fingerprint density at radius 1 is 1.26 bits per heavy atom. The van der Waals surface area contributed by atoms with Gasteiger partial charge in [0.1, 0.15) is 0 Å². The van der Waals surface area contributed by atoms with Crippen molar-refractivity contribution in [3.8, 4) is 0 Å². The average Bonchev–Trinajstić information content (AvgIpc) is 2.69. The lowest BCUT2D eigenvalue weighted by Gasteiger charge is -2.17. The molecule has 0 fully saturated rings. The summed E-state index contributed by atoms with van der Waals surface area (Å²) in [5, 5.41) is 1.02. The number of carbonyl (C=O) groups excluding carboxylic acids is 1. The number of thiazole rings is 1. The lowest BCUT2D eigenvalue weighted by atomic mass is 10.2. The summed E-state index contributed by atoms with van der Waals surface area (Å²) >= 11 is 1.61. The van der Waals surface area contributed by atoms with Crippen LogP contribution in [0.2, 0.25) is 0 Å². The molecule has 3 nitrogen and oxygen atoms in total. The zero-order valence-electron chi connectivity index (χ0n) is 11.5. The second-order valence-electron chi connectivity index (χ2n) is 4.65. The summed E-state index contributed by atoms with van der Waals surface area (Å²) in [5.74, 6) is 0.135. The van der Waals surface area contributed by atoms with Crippen molar-refractivity contribution >= 4 is 17.2 Å². The van der Waals surface area contributed by atoms with Crippen molar-refractivity contribution in [3.05, 3.63) is 51.5 Å². The van der Waals surface area contributed by atoms with Gasteiger partial charge in [0.05, 0.1) is 17.1 Å². The third kappa shape index (κ3) is 3.64. The van der Waals surface area contributed by atoms with Gasteiger partial charge in [-0.25, -0.2) is 4.98 Å². The first-order chi connectivity index (χ1) is 9.06. The Kier molecular flexibility index (Phi) is 4.32. The molecule has 100 valence electrons. The highest BCUT2D eigenvalue weighted by Crippen LogP contribution is 2.18. The molecule has 0 atom stereocenters. The minimum Gasteiger partial charge on any atom is -0.341 e. The summed E-state index contributed by atoms with van der Waals surface area (Å²) in [7, 11) is 1.85. The summed E-state index contributed by atoms with van der Waals surface area (Å²) in [5.41, 5.74) is 2.12. The van der Waals surface area contributed by atoms with E-state index in [1.807, 2.05) is 51.2 Å². The Bertz CT molecular complexity index is 563. The molecule has 1 heterocycles. The fourth-order valence-electron chi connectivity index (χ4n) is 1.96. The maximum atomic E-state index is 12.2. The van der Waals surface area contributed by atoms with Crippen molar-refractivity contribution in [2.45, 2.75) is 26.8 Å². The molecule has 4 heteroatoms. The van der Waals surface area contributed by atoms with Gasteiger partial charge in [-0.1, -0.05) is 30.3 Å². The van der Waals surface area contributed by atoms with E-state index in [1.165, 1.54) is 0 Å². The molecule has 0 aliphatic carbocycles. The smallest absolute Gasteiger partial charge is 0.227 e. The van der Waals surface area contributed by atoms with E-state index in [4.69, 9.17) is 0 Å². The molecule has 0 radical (unpaired) electrons. The van der Waals surface area contributed by atoms with Crippen LogP contribution in [0.4, 0.5) is 0 Å². The van der Waals surface area contributed by atoms with Crippen LogP contribution in [0.5, 0.6) is 0 Å². The normalized spacial score (nSPS) is 10.5. The maximum Gasteiger partial charge on any atom is 0.227 e. The average molecular weight is 274 g/mol. The predicted molar refractivity (Wildman–Crippen MR) is 78.2 cm³/mol. The van der Waals surface area contributed by atoms with Crippen LogP contribution in [-0.4, -0.2) is 22.8 Å². The fourth-order valence-corrected chi connectivity index (χ4v) is 2.88. The van der Waals surface area contributed by atoms with Crippen molar-refractivity contribution in [3.63, 3.8) is 0 Å². The molecule has 0 unspecified atom stereocenters. The first kappa shape index (κ1) is 13.7. The highest BCUT2D eigenvalue weighted by Gasteiger charge is 2.14. The van der Waals surface area contributed by atoms with E-state index in [2.05, 4.69) is 4.98 Å². The van der Waals surface area contributed by atoms with Crippen LogP contribution in [0.25, 0.3) is 0 Å². The summed E-state index contributed by atoms with van der Waals surface area (Å²) in [6.45, 7) is 4.58. The standard InChI is InChI=1S/C15H18N2OS/c1-11-14(19-12(2)16-11)9-15(18)17(3)10-13-7-5-4-6-8-13/h4-8H,9-10H2,1-3H3. The SMILES string of the molecule is Cc1nc(C)c(CC(=O)N(C)Cc2ccccc2)s1. The van der Waals surface area contributed by atoms with Gasteiger partial charge in [0, 0.05) is 18.5 Å². The van der Waals surface area contributed by atoms with Crippen LogP contribution in [0, 0.1) is 13.8 Å². The molecule has 0 aliphatic rings. The molecule has 1 amide bonds. The molecule has 2 rings (SSSR count). The Balaban J connectivity index is 1.98. The van der Waals surface area contributed by atoms with E-state index in [0.29, 0.717) is 13.0 Å². The number of hydrogen-bond donors (Lipinski definition) is 0. The number of rotatable bonds is 4. The molecule has 0 aliphatic heterocycles. The minimum atomic E-state index is 0.135. The van der Waals surface area contributed by atoms with E-state index in [1.54, 1.807) is 16.2 Å².